The number of nitrogens with zero attached hydrogens (tertiary/aromatic N) is 3. The van der Waals surface area contributed by atoms with Crippen molar-refractivity contribution in [3.8, 4) is 0 Å². The molecule has 1 aromatic heterocycles. The van der Waals surface area contributed by atoms with Crippen LogP contribution in [0.3, 0.4) is 0 Å². The van der Waals surface area contributed by atoms with Crippen molar-refractivity contribution in [2.45, 2.75) is 37.5 Å². The summed E-state index contributed by atoms with van der Waals surface area (Å²) in [7, 11) is 0. The lowest BCUT2D eigenvalue weighted by Gasteiger charge is -2.35. The van der Waals surface area contributed by atoms with Gasteiger partial charge in [-0.25, -0.2) is 18.2 Å². The lowest BCUT2D eigenvalue weighted by atomic mass is 10.0. The molecule has 8 heteroatoms. The van der Waals surface area contributed by atoms with Gasteiger partial charge in [0.15, 0.2) is 11.6 Å². The highest BCUT2D eigenvalue weighted by atomic mass is 19.2. The van der Waals surface area contributed by atoms with Crippen LogP contribution in [0.15, 0.2) is 12.1 Å². The molecule has 1 aromatic carbocycles. The van der Waals surface area contributed by atoms with Gasteiger partial charge in [-0.2, -0.15) is 0 Å². The molecule has 3 atom stereocenters. The molecular weight excluding hydrogens is 333 g/mol. The zero-order valence-electron chi connectivity index (χ0n) is 13.8. The Morgan fingerprint density at radius 3 is 2.72 bits per heavy atom. The number of alkyl halides is 1. The van der Waals surface area contributed by atoms with E-state index < -0.39 is 23.8 Å². The van der Waals surface area contributed by atoms with Gasteiger partial charge in [0.25, 0.3) is 0 Å². The summed E-state index contributed by atoms with van der Waals surface area (Å²) in [6.07, 6.45) is 1.03. The normalized spacial score (nSPS) is 27.8. The molecule has 0 aliphatic carbocycles. The van der Waals surface area contributed by atoms with Gasteiger partial charge in [0.2, 0.25) is 5.95 Å². The number of piperidine rings is 1. The first-order valence-electron chi connectivity index (χ1n) is 8.64. The highest BCUT2D eigenvalue weighted by Crippen LogP contribution is 2.33. The fourth-order valence-corrected chi connectivity index (χ4v) is 3.72. The van der Waals surface area contributed by atoms with Crippen molar-refractivity contribution in [1.82, 2.24) is 9.55 Å². The number of fused-ring (bicyclic) bond motifs is 1. The molecule has 0 bridgehead atoms. The minimum Gasteiger partial charge on any atom is -0.379 e. The van der Waals surface area contributed by atoms with Crippen LogP contribution in [0.25, 0.3) is 11.0 Å². The van der Waals surface area contributed by atoms with Gasteiger partial charge in [-0.05, 0) is 19.3 Å². The minimum absolute atomic E-state index is 0.0158. The van der Waals surface area contributed by atoms with Crippen LogP contribution in [0.1, 0.15) is 25.3 Å². The minimum atomic E-state index is -1.04. The Hall–Kier alpha value is -1.80. The lowest BCUT2D eigenvalue weighted by Crippen LogP contribution is -2.50. The van der Waals surface area contributed by atoms with Crippen LogP contribution in [-0.2, 0) is 4.74 Å². The van der Waals surface area contributed by atoms with Crippen LogP contribution >= 0.6 is 0 Å². The summed E-state index contributed by atoms with van der Waals surface area (Å²) in [5, 5.41) is 0. The molecule has 5 nitrogen and oxygen atoms in total. The third-order valence-electron chi connectivity index (χ3n) is 5.07. The van der Waals surface area contributed by atoms with E-state index in [0.717, 1.165) is 18.9 Å². The van der Waals surface area contributed by atoms with Crippen LogP contribution in [0.2, 0.25) is 0 Å². The first kappa shape index (κ1) is 16.7. The summed E-state index contributed by atoms with van der Waals surface area (Å²) < 4.78 is 48.7. The highest BCUT2D eigenvalue weighted by Gasteiger charge is 2.31. The summed E-state index contributed by atoms with van der Waals surface area (Å²) in [5.41, 5.74) is 6.79. The monoisotopic (exact) mass is 354 g/mol. The Labute approximate surface area is 143 Å². The summed E-state index contributed by atoms with van der Waals surface area (Å²) in [6.45, 7) is 1.97. The second-order valence-corrected chi connectivity index (χ2v) is 6.82. The fourth-order valence-electron chi connectivity index (χ4n) is 3.72. The Morgan fingerprint density at radius 2 is 2.00 bits per heavy atom. The van der Waals surface area contributed by atoms with Gasteiger partial charge in [0.1, 0.15) is 6.17 Å². The molecule has 0 unspecified atom stereocenters. The second-order valence-electron chi connectivity index (χ2n) is 6.82. The van der Waals surface area contributed by atoms with E-state index >= 15 is 0 Å². The zero-order valence-corrected chi connectivity index (χ0v) is 13.8. The number of hydrogen-bond acceptors (Lipinski definition) is 4. The van der Waals surface area contributed by atoms with Crippen LogP contribution in [-0.4, -0.2) is 48.1 Å². The van der Waals surface area contributed by atoms with Crippen molar-refractivity contribution in [1.29, 1.82) is 0 Å². The van der Waals surface area contributed by atoms with Gasteiger partial charge >= 0.3 is 0 Å². The topological polar surface area (TPSA) is 56.3 Å². The molecule has 4 rings (SSSR count). The average molecular weight is 354 g/mol. The van der Waals surface area contributed by atoms with Crippen LogP contribution < -0.4 is 10.6 Å². The number of nitrogens with two attached hydrogens (primary N) is 1. The second kappa shape index (κ2) is 6.49. The Balaban J connectivity index is 1.81. The van der Waals surface area contributed by atoms with Gasteiger partial charge in [0.05, 0.1) is 29.7 Å². The molecule has 2 aromatic rings. The number of halogens is 3. The van der Waals surface area contributed by atoms with Gasteiger partial charge < -0.3 is 19.9 Å². The molecule has 3 heterocycles. The first-order chi connectivity index (χ1) is 12.0. The Bertz CT molecular complexity index is 775. The van der Waals surface area contributed by atoms with Gasteiger partial charge in [-0.15, -0.1) is 0 Å². The van der Waals surface area contributed by atoms with Crippen LogP contribution in [0.5, 0.6) is 0 Å². The van der Waals surface area contributed by atoms with E-state index in [2.05, 4.69) is 4.98 Å². The molecule has 136 valence electrons. The van der Waals surface area contributed by atoms with E-state index in [4.69, 9.17) is 10.5 Å². The highest BCUT2D eigenvalue weighted by molar-refractivity contribution is 5.79. The van der Waals surface area contributed by atoms with Crippen molar-refractivity contribution < 1.29 is 17.9 Å². The third kappa shape index (κ3) is 2.97. The number of ether oxygens (including phenoxy) is 1. The van der Waals surface area contributed by atoms with E-state index in [1.54, 1.807) is 0 Å². The van der Waals surface area contributed by atoms with Crippen LogP contribution in [0.4, 0.5) is 19.1 Å². The van der Waals surface area contributed by atoms with E-state index in [-0.39, 0.29) is 6.04 Å². The maximum Gasteiger partial charge on any atom is 0.206 e. The summed E-state index contributed by atoms with van der Waals surface area (Å²) >= 11 is 0. The number of anilines is 1. The summed E-state index contributed by atoms with van der Waals surface area (Å²) in [5.74, 6) is -1.25. The smallest absolute Gasteiger partial charge is 0.206 e. The van der Waals surface area contributed by atoms with Crippen molar-refractivity contribution in [3.63, 3.8) is 0 Å². The third-order valence-corrected chi connectivity index (χ3v) is 5.07. The van der Waals surface area contributed by atoms with Gasteiger partial charge in [-0.1, -0.05) is 0 Å². The summed E-state index contributed by atoms with van der Waals surface area (Å²) in [6, 6.07) is 1.67. The average Bonchev–Trinajstić information content (AvgIpc) is 2.97. The molecule has 0 saturated carbocycles. The van der Waals surface area contributed by atoms with Crippen molar-refractivity contribution in [2.24, 2.45) is 5.73 Å². The largest absolute Gasteiger partial charge is 0.379 e. The molecule has 0 amide bonds. The molecule has 25 heavy (non-hydrogen) atoms. The number of aromatic nitrogens is 2. The molecule has 0 radical (unpaired) electrons. The predicted octanol–water partition coefficient (Wildman–Crippen LogP) is 2.54. The molecule has 2 saturated heterocycles. The predicted molar refractivity (Wildman–Crippen MR) is 88.4 cm³/mol. The maximum absolute atomic E-state index is 13.8. The van der Waals surface area contributed by atoms with E-state index in [1.807, 2.05) is 9.47 Å². The fraction of sp³-hybridized carbons (Fsp3) is 0.588. The summed E-state index contributed by atoms with van der Waals surface area (Å²) in [4.78, 5) is 6.43. The van der Waals surface area contributed by atoms with E-state index in [1.165, 1.54) is 6.07 Å². The molecule has 2 fully saturated rings. The Kier molecular flexibility index (Phi) is 4.33. The zero-order chi connectivity index (χ0) is 17.6. The van der Waals surface area contributed by atoms with Crippen molar-refractivity contribution in [2.75, 3.05) is 31.2 Å². The number of rotatable bonds is 2. The van der Waals surface area contributed by atoms with Gasteiger partial charge in [0, 0.05) is 31.8 Å². The maximum atomic E-state index is 13.8. The molecule has 2 aliphatic rings. The quantitative estimate of drug-likeness (QED) is 0.901. The Morgan fingerprint density at radius 1 is 1.20 bits per heavy atom. The number of hydrogen-bond donors (Lipinski definition) is 1. The van der Waals surface area contributed by atoms with Crippen molar-refractivity contribution in [3.05, 3.63) is 23.8 Å². The molecular formula is C17H21F3N4O. The number of imidazole rings is 1. The number of benzene rings is 1. The lowest BCUT2D eigenvalue weighted by molar-refractivity contribution is 0.0607. The van der Waals surface area contributed by atoms with Crippen molar-refractivity contribution >= 4 is 17.0 Å². The van der Waals surface area contributed by atoms with E-state index in [0.29, 0.717) is 49.7 Å². The SMILES string of the molecule is N[C@@H]1CN(c2nc3cc(F)c(F)cc3n2[C@H]2CCCOC2)CC[C@H]1F. The standard InChI is InChI=1S/C17H21F3N4O/c18-11-3-4-23(8-14(11)21)17-22-15-6-12(19)13(20)7-16(15)24(17)10-2-1-5-25-9-10/h6-7,10-11,14H,1-5,8-9,21H2/t10-,11+,14+/m0/s1. The first-order valence-corrected chi connectivity index (χ1v) is 8.64. The van der Waals surface area contributed by atoms with E-state index in [9.17, 15) is 13.2 Å². The van der Waals surface area contributed by atoms with Crippen LogP contribution in [0, 0.1) is 11.6 Å². The van der Waals surface area contributed by atoms with Gasteiger partial charge in [-0.3, -0.25) is 0 Å². The molecule has 0 spiro atoms. The molecule has 2 aliphatic heterocycles. The molecule has 2 N–H and O–H groups in total.